The Morgan fingerprint density at radius 3 is 1.98 bits per heavy atom. The quantitative estimate of drug-likeness (QED) is 0.183. The molecule has 2 saturated heterocycles. The number of aryl methyl sites for hydroxylation is 1. The van der Waals surface area contributed by atoms with Crippen LogP contribution in [0.15, 0.2) is 125 Å². The number of nitrogens with one attached hydrogen (secondary N) is 1. The van der Waals surface area contributed by atoms with Gasteiger partial charge in [-0.2, -0.15) is 0 Å². The number of hydrogen-bond donors (Lipinski definition) is 1. The Balaban J connectivity index is 1.33. The molecule has 0 radical (unpaired) electrons. The van der Waals surface area contributed by atoms with Gasteiger partial charge in [0.2, 0.25) is 0 Å². The number of nitrogens with zero attached hydrogens (tertiary/aromatic N) is 1. The molecule has 252 valence electrons. The van der Waals surface area contributed by atoms with E-state index >= 15 is 0 Å². The first kappa shape index (κ1) is 32.5. The van der Waals surface area contributed by atoms with Gasteiger partial charge >= 0.3 is 5.69 Å². The van der Waals surface area contributed by atoms with Gasteiger partial charge in [0, 0.05) is 11.8 Å². The summed E-state index contributed by atoms with van der Waals surface area (Å²) in [5.74, 6) is 1.42. The summed E-state index contributed by atoms with van der Waals surface area (Å²) in [7, 11) is 3.27. The Kier molecular flexibility index (Phi) is 8.96. The summed E-state index contributed by atoms with van der Waals surface area (Å²) in [6, 6.07) is 35.4. The number of aromatic amines is 1. The van der Waals surface area contributed by atoms with Crippen molar-refractivity contribution in [2.45, 2.75) is 43.2 Å². The summed E-state index contributed by atoms with van der Waals surface area (Å²) in [6.07, 6.45) is -0.628. The minimum atomic E-state index is -1.12. The Hall–Kier alpha value is -5.00. The van der Waals surface area contributed by atoms with Gasteiger partial charge in [0.05, 0.1) is 34.0 Å². The number of rotatable bonds is 12. The van der Waals surface area contributed by atoms with Crippen LogP contribution in [0.3, 0.4) is 0 Å². The first-order valence-electron chi connectivity index (χ1n) is 16.1. The minimum Gasteiger partial charge on any atom is -0.497 e. The van der Waals surface area contributed by atoms with Crippen LogP contribution in [0.1, 0.15) is 34.0 Å². The molecule has 4 atom stereocenters. The lowest BCUT2D eigenvalue weighted by Gasteiger charge is -2.40. The van der Waals surface area contributed by atoms with Gasteiger partial charge in [-0.1, -0.05) is 84.9 Å². The summed E-state index contributed by atoms with van der Waals surface area (Å²) in [4.78, 5) is 27.7. The van der Waals surface area contributed by atoms with Gasteiger partial charge in [-0.25, -0.2) is 4.79 Å². The second-order valence-electron chi connectivity index (χ2n) is 12.3. The highest BCUT2D eigenvalue weighted by atomic mass is 16.7. The molecule has 4 aromatic carbocycles. The van der Waals surface area contributed by atoms with Crippen LogP contribution in [0, 0.1) is 6.92 Å². The fourth-order valence-corrected chi connectivity index (χ4v) is 6.81. The monoisotopic (exact) mass is 662 g/mol. The molecular formula is C39H38N2O8. The molecule has 10 nitrogen and oxygen atoms in total. The van der Waals surface area contributed by atoms with Crippen LogP contribution in [0.2, 0.25) is 0 Å². The predicted molar refractivity (Wildman–Crippen MR) is 182 cm³/mol. The summed E-state index contributed by atoms with van der Waals surface area (Å²) in [5, 5.41) is 0. The summed E-state index contributed by atoms with van der Waals surface area (Å²) in [5.41, 5.74) is 0.683. The van der Waals surface area contributed by atoms with Crippen LogP contribution in [0.4, 0.5) is 0 Å². The van der Waals surface area contributed by atoms with E-state index in [9.17, 15) is 9.59 Å². The van der Waals surface area contributed by atoms with Gasteiger partial charge in [-0.3, -0.25) is 14.3 Å². The topological polar surface area (TPSA) is 110 Å². The molecule has 2 bridgehead atoms. The summed E-state index contributed by atoms with van der Waals surface area (Å²) >= 11 is 0. The number of hydrogen-bond acceptors (Lipinski definition) is 8. The van der Waals surface area contributed by atoms with E-state index in [1.807, 2.05) is 109 Å². The van der Waals surface area contributed by atoms with Crippen molar-refractivity contribution < 1.29 is 28.4 Å². The standard InChI is InChI=1S/C39H38N2O8/c1-26-22-41(37(43)40-35(26)42)36-33-34(46-23-27-10-6-4-7-11-27)38(49-36,24-47-33)25-48-39(28-12-8-5-9-13-28,29-14-18-31(44-2)19-15-29)30-16-20-32(45-3)21-17-30/h4-22,33-34,36H,23-25H2,1-3H3,(H,40,42,43)/t33-,34-,36-,38-/m1/s1. The molecule has 5 aromatic rings. The van der Waals surface area contributed by atoms with Crippen molar-refractivity contribution in [2.75, 3.05) is 27.4 Å². The fourth-order valence-electron chi connectivity index (χ4n) is 6.81. The van der Waals surface area contributed by atoms with E-state index in [0.717, 1.165) is 22.3 Å². The van der Waals surface area contributed by atoms with E-state index in [4.69, 9.17) is 28.4 Å². The lowest BCUT2D eigenvalue weighted by atomic mass is 9.79. The highest BCUT2D eigenvalue weighted by molar-refractivity contribution is 5.50. The van der Waals surface area contributed by atoms with Crippen molar-refractivity contribution in [3.05, 3.63) is 164 Å². The first-order chi connectivity index (χ1) is 23.9. The van der Waals surface area contributed by atoms with E-state index in [0.29, 0.717) is 23.7 Å². The molecule has 0 unspecified atom stereocenters. The molecule has 2 aliphatic rings. The number of fused-ring (bicyclic) bond motifs is 2. The summed E-state index contributed by atoms with van der Waals surface area (Å²) in [6.45, 7) is 2.14. The van der Waals surface area contributed by atoms with Crippen molar-refractivity contribution in [3.63, 3.8) is 0 Å². The van der Waals surface area contributed by atoms with Crippen molar-refractivity contribution in [2.24, 2.45) is 0 Å². The zero-order valence-electron chi connectivity index (χ0n) is 27.5. The van der Waals surface area contributed by atoms with Crippen LogP contribution >= 0.6 is 0 Å². The normalized spacial score (nSPS) is 21.5. The molecule has 3 heterocycles. The van der Waals surface area contributed by atoms with Crippen molar-refractivity contribution in [1.82, 2.24) is 9.55 Å². The van der Waals surface area contributed by atoms with Gasteiger partial charge in [0.15, 0.2) is 6.23 Å². The van der Waals surface area contributed by atoms with Crippen molar-refractivity contribution in [1.29, 1.82) is 0 Å². The van der Waals surface area contributed by atoms with Gasteiger partial charge in [-0.05, 0) is 53.4 Å². The lowest BCUT2D eigenvalue weighted by molar-refractivity contribution is -0.206. The highest BCUT2D eigenvalue weighted by Crippen LogP contribution is 2.49. The lowest BCUT2D eigenvalue weighted by Crippen LogP contribution is -2.49. The Bertz CT molecular complexity index is 1950. The maximum absolute atomic E-state index is 13.1. The highest BCUT2D eigenvalue weighted by Gasteiger charge is 2.64. The third-order valence-corrected chi connectivity index (χ3v) is 9.37. The average molecular weight is 663 g/mol. The van der Waals surface area contributed by atoms with Crippen molar-refractivity contribution in [3.8, 4) is 11.5 Å². The molecule has 0 spiro atoms. The van der Waals surface area contributed by atoms with Gasteiger partial charge in [0.25, 0.3) is 5.56 Å². The molecule has 0 aliphatic carbocycles. The molecule has 0 saturated carbocycles. The predicted octanol–water partition coefficient (Wildman–Crippen LogP) is 5.12. The second kappa shape index (κ2) is 13.5. The number of aromatic nitrogens is 2. The maximum atomic E-state index is 13.1. The van der Waals surface area contributed by atoms with Crippen LogP contribution in [0.5, 0.6) is 11.5 Å². The number of H-pyrrole nitrogens is 1. The molecule has 2 aliphatic heterocycles. The molecule has 0 amide bonds. The van der Waals surface area contributed by atoms with E-state index in [1.54, 1.807) is 21.1 Å². The average Bonchev–Trinajstić information content (AvgIpc) is 3.65. The third-order valence-electron chi connectivity index (χ3n) is 9.37. The largest absolute Gasteiger partial charge is 0.497 e. The molecule has 1 N–H and O–H groups in total. The molecule has 1 aromatic heterocycles. The van der Waals surface area contributed by atoms with Gasteiger partial charge < -0.3 is 28.4 Å². The van der Waals surface area contributed by atoms with Crippen molar-refractivity contribution >= 4 is 0 Å². The SMILES string of the molecule is COc1ccc(C(OC[C@@]23CO[C@@H]([C@H](n4cc(C)c(=O)[nH]c4=O)O2)[C@H]3OCc2ccccc2)(c2ccccc2)c2ccc(OC)cc2)cc1. The van der Waals surface area contributed by atoms with E-state index < -0.39 is 40.9 Å². The van der Waals surface area contributed by atoms with Crippen LogP contribution in [0.25, 0.3) is 0 Å². The maximum Gasteiger partial charge on any atom is 0.330 e. The Labute approximate surface area is 283 Å². The number of benzene rings is 4. The molecular weight excluding hydrogens is 624 g/mol. The van der Waals surface area contributed by atoms with Crippen LogP contribution in [-0.2, 0) is 31.2 Å². The first-order valence-corrected chi connectivity index (χ1v) is 16.1. The van der Waals surface area contributed by atoms with Gasteiger partial charge in [0.1, 0.15) is 34.9 Å². The van der Waals surface area contributed by atoms with E-state index in [2.05, 4.69) is 4.98 Å². The fraction of sp³-hybridized carbons (Fsp3) is 0.282. The molecule has 10 heteroatoms. The number of ether oxygens (including phenoxy) is 6. The number of methoxy groups -OCH3 is 2. The van der Waals surface area contributed by atoms with Crippen LogP contribution < -0.4 is 20.7 Å². The smallest absolute Gasteiger partial charge is 0.330 e. The minimum absolute atomic E-state index is 0.0312. The van der Waals surface area contributed by atoms with E-state index in [1.165, 1.54) is 10.8 Å². The third kappa shape index (κ3) is 5.97. The molecule has 2 fully saturated rings. The second-order valence-corrected chi connectivity index (χ2v) is 12.3. The Morgan fingerprint density at radius 1 is 0.816 bits per heavy atom. The zero-order valence-corrected chi connectivity index (χ0v) is 27.5. The van der Waals surface area contributed by atoms with Crippen LogP contribution in [-0.4, -0.2) is 54.8 Å². The zero-order chi connectivity index (χ0) is 34.0. The Morgan fingerprint density at radius 2 is 1.39 bits per heavy atom. The summed E-state index contributed by atoms with van der Waals surface area (Å²) < 4.78 is 39.4. The van der Waals surface area contributed by atoms with E-state index in [-0.39, 0.29) is 13.2 Å². The van der Waals surface area contributed by atoms with Gasteiger partial charge in [-0.15, -0.1) is 0 Å². The molecule has 49 heavy (non-hydrogen) atoms. The molecule has 7 rings (SSSR count).